The largest absolute Gasteiger partial charge is 0.465 e. The van der Waals surface area contributed by atoms with Crippen molar-refractivity contribution in [1.82, 2.24) is 4.98 Å². The number of carbonyl (C=O) groups is 1. The Morgan fingerprint density at radius 1 is 1.33 bits per heavy atom. The van der Waals surface area contributed by atoms with Gasteiger partial charge in [-0.05, 0) is 24.6 Å². The summed E-state index contributed by atoms with van der Waals surface area (Å²) in [6, 6.07) is 7.34. The molecule has 0 bridgehead atoms. The van der Waals surface area contributed by atoms with E-state index >= 15 is 0 Å². The molecule has 94 valence electrons. The van der Waals surface area contributed by atoms with Crippen LogP contribution < -0.4 is 5.32 Å². The molecule has 0 aliphatic rings. The molecule has 0 spiro atoms. The highest BCUT2D eigenvalue weighted by molar-refractivity contribution is 7.19. The van der Waals surface area contributed by atoms with Gasteiger partial charge in [0.1, 0.15) is 0 Å². The van der Waals surface area contributed by atoms with Gasteiger partial charge in [-0.15, -0.1) is 0 Å². The molecule has 1 N–H and O–H groups in total. The Hall–Kier alpha value is -1.88. The number of rotatable bonds is 3. The van der Waals surface area contributed by atoms with Gasteiger partial charge in [0.25, 0.3) is 0 Å². The van der Waals surface area contributed by atoms with Crippen molar-refractivity contribution in [2.24, 2.45) is 0 Å². The van der Waals surface area contributed by atoms with Crippen molar-refractivity contribution >= 4 is 22.4 Å². The maximum atomic E-state index is 11.3. The van der Waals surface area contributed by atoms with Gasteiger partial charge in [-0.25, -0.2) is 9.78 Å². The highest BCUT2D eigenvalue weighted by atomic mass is 32.1. The van der Waals surface area contributed by atoms with Crippen LogP contribution in [0.15, 0.2) is 24.3 Å². The van der Waals surface area contributed by atoms with Gasteiger partial charge in [0.15, 0.2) is 5.13 Å². The molecule has 0 saturated heterocycles. The Bertz CT molecular complexity index is 561. The van der Waals surface area contributed by atoms with E-state index in [1.807, 2.05) is 26.1 Å². The molecular formula is C13H14N2O2S. The smallest absolute Gasteiger partial charge is 0.337 e. The lowest BCUT2D eigenvalue weighted by Gasteiger charge is -2.01. The second kappa shape index (κ2) is 5.18. The molecule has 0 saturated carbocycles. The van der Waals surface area contributed by atoms with Gasteiger partial charge in [0, 0.05) is 7.05 Å². The summed E-state index contributed by atoms with van der Waals surface area (Å²) < 4.78 is 4.67. The summed E-state index contributed by atoms with van der Waals surface area (Å²) in [7, 11) is 3.23. The number of nitrogens with one attached hydrogen (secondary N) is 1. The van der Waals surface area contributed by atoms with Crippen molar-refractivity contribution in [3.63, 3.8) is 0 Å². The highest BCUT2D eigenvalue weighted by Crippen LogP contribution is 2.32. The van der Waals surface area contributed by atoms with Gasteiger partial charge in [-0.1, -0.05) is 23.5 Å². The van der Waals surface area contributed by atoms with E-state index in [-0.39, 0.29) is 5.97 Å². The van der Waals surface area contributed by atoms with Crippen LogP contribution in [0.2, 0.25) is 0 Å². The summed E-state index contributed by atoms with van der Waals surface area (Å²) in [5.74, 6) is -0.321. The lowest BCUT2D eigenvalue weighted by molar-refractivity contribution is 0.0601. The fraction of sp³-hybridized carbons (Fsp3) is 0.231. The van der Waals surface area contributed by atoms with E-state index in [0.717, 1.165) is 21.3 Å². The fourth-order valence-corrected chi connectivity index (χ4v) is 2.57. The van der Waals surface area contributed by atoms with Crippen molar-refractivity contribution in [2.75, 3.05) is 19.5 Å². The lowest BCUT2D eigenvalue weighted by Crippen LogP contribution is -2.00. The normalized spacial score (nSPS) is 10.2. The van der Waals surface area contributed by atoms with Gasteiger partial charge in [0.05, 0.1) is 23.2 Å². The minimum atomic E-state index is -0.321. The summed E-state index contributed by atoms with van der Waals surface area (Å²) in [4.78, 5) is 16.8. The molecule has 5 heteroatoms. The zero-order valence-electron chi connectivity index (χ0n) is 10.5. The van der Waals surface area contributed by atoms with Gasteiger partial charge >= 0.3 is 5.97 Å². The maximum absolute atomic E-state index is 11.3. The first-order valence-corrected chi connectivity index (χ1v) is 6.31. The Morgan fingerprint density at radius 3 is 2.50 bits per heavy atom. The topological polar surface area (TPSA) is 51.2 Å². The van der Waals surface area contributed by atoms with Crippen LogP contribution in [-0.2, 0) is 4.74 Å². The predicted molar refractivity (Wildman–Crippen MR) is 73.2 cm³/mol. The van der Waals surface area contributed by atoms with Crippen molar-refractivity contribution in [3.8, 4) is 10.4 Å². The number of hydrogen-bond acceptors (Lipinski definition) is 5. The van der Waals surface area contributed by atoms with E-state index in [0.29, 0.717) is 5.56 Å². The molecule has 1 aromatic heterocycles. The van der Waals surface area contributed by atoms with Crippen LogP contribution in [-0.4, -0.2) is 25.1 Å². The molecule has 1 aromatic carbocycles. The molecule has 0 amide bonds. The number of carbonyl (C=O) groups excluding carboxylic acids is 1. The number of thiazole rings is 1. The number of nitrogens with zero attached hydrogens (tertiary/aromatic N) is 1. The first-order valence-electron chi connectivity index (χ1n) is 5.49. The summed E-state index contributed by atoms with van der Waals surface area (Å²) in [6.45, 7) is 1.97. The van der Waals surface area contributed by atoms with Crippen LogP contribution in [0.1, 0.15) is 16.1 Å². The van der Waals surface area contributed by atoms with Gasteiger partial charge in [-0.2, -0.15) is 0 Å². The first kappa shape index (κ1) is 12.6. The van der Waals surface area contributed by atoms with Crippen molar-refractivity contribution in [2.45, 2.75) is 6.92 Å². The molecule has 0 aliphatic carbocycles. The van der Waals surface area contributed by atoms with Gasteiger partial charge in [-0.3, -0.25) is 0 Å². The second-order valence-electron chi connectivity index (χ2n) is 3.75. The summed E-state index contributed by atoms with van der Waals surface area (Å²) in [5, 5.41) is 3.92. The van der Waals surface area contributed by atoms with Gasteiger partial charge in [0.2, 0.25) is 0 Å². The quantitative estimate of drug-likeness (QED) is 0.864. The Balaban J connectivity index is 2.34. The standard InChI is InChI=1S/C13H14N2O2S/c1-8-11(18-13(14-2)15-8)9-4-6-10(7-5-9)12(16)17-3/h4-7H,1-3H3,(H,14,15). The fourth-order valence-electron chi connectivity index (χ4n) is 1.65. The number of ether oxygens (including phenoxy) is 1. The number of esters is 1. The molecule has 4 nitrogen and oxygen atoms in total. The molecular weight excluding hydrogens is 248 g/mol. The van der Waals surface area contributed by atoms with Crippen LogP contribution in [0.25, 0.3) is 10.4 Å². The van der Waals surface area contributed by atoms with E-state index in [4.69, 9.17) is 0 Å². The minimum Gasteiger partial charge on any atom is -0.465 e. The third-order valence-corrected chi connectivity index (χ3v) is 3.80. The zero-order chi connectivity index (χ0) is 13.1. The molecule has 0 aliphatic heterocycles. The minimum absolute atomic E-state index is 0.321. The van der Waals surface area contributed by atoms with E-state index in [1.54, 1.807) is 23.5 Å². The Kier molecular flexibility index (Phi) is 3.62. The van der Waals surface area contributed by atoms with Crippen LogP contribution in [0.5, 0.6) is 0 Å². The van der Waals surface area contributed by atoms with E-state index in [2.05, 4.69) is 15.0 Å². The van der Waals surface area contributed by atoms with Crippen molar-refractivity contribution < 1.29 is 9.53 Å². The van der Waals surface area contributed by atoms with Crippen LogP contribution in [0.4, 0.5) is 5.13 Å². The highest BCUT2D eigenvalue weighted by Gasteiger charge is 2.10. The van der Waals surface area contributed by atoms with Crippen LogP contribution >= 0.6 is 11.3 Å². The number of aryl methyl sites for hydroxylation is 1. The number of methoxy groups -OCH3 is 1. The number of benzene rings is 1. The molecule has 2 rings (SSSR count). The molecule has 0 atom stereocenters. The number of aromatic nitrogens is 1. The molecule has 0 radical (unpaired) electrons. The zero-order valence-corrected chi connectivity index (χ0v) is 11.3. The third kappa shape index (κ3) is 2.36. The average molecular weight is 262 g/mol. The molecule has 0 fully saturated rings. The monoisotopic (exact) mass is 262 g/mol. The molecule has 0 unspecified atom stereocenters. The van der Waals surface area contributed by atoms with E-state index < -0.39 is 0 Å². The molecule has 1 heterocycles. The summed E-state index contributed by atoms with van der Waals surface area (Å²) in [5.41, 5.74) is 2.59. The number of hydrogen-bond donors (Lipinski definition) is 1. The van der Waals surface area contributed by atoms with E-state index in [9.17, 15) is 4.79 Å². The summed E-state index contributed by atoms with van der Waals surface area (Å²) >= 11 is 1.59. The summed E-state index contributed by atoms with van der Waals surface area (Å²) in [6.07, 6.45) is 0. The predicted octanol–water partition coefficient (Wildman–Crippen LogP) is 2.95. The number of anilines is 1. The van der Waals surface area contributed by atoms with Crippen molar-refractivity contribution in [3.05, 3.63) is 35.5 Å². The van der Waals surface area contributed by atoms with Gasteiger partial charge < -0.3 is 10.1 Å². The van der Waals surface area contributed by atoms with E-state index in [1.165, 1.54) is 7.11 Å². The van der Waals surface area contributed by atoms with Crippen molar-refractivity contribution in [1.29, 1.82) is 0 Å². The molecule has 2 aromatic rings. The Labute approximate surface area is 110 Å². The average Bonchev–Trinajstić information content (AvgIpc) is 2.79. The van der Waals surface area contributed by atoms with Crippen LogP contribution in [0.3, 0.4) is 0 Å². The second-order valence-corrected chi connectivity index (χ2v) is 4.75. The SMILES string of the molecule is CNc1nc(C)c(-c2ccc(C(=O)OC)cc2)s1. The van der Waals surface area contributed by atoms with Crippen LogP contribution in [0, 0.1) is 6.92 Å². The lowest BCUT2D eigenvalue weighted by atomic mass is 10.1. The maximum Gasteiger partial charge on any atom is 0.337 e. The third-order valence-electron chi connectivity index (χ3n) is 2.58. The first-order chi connectivity index (χ1) is 8.65. The molecule has 18 heavy (non-hydrogen) atoms. The Morgan fingerprint density at radius 2 is 2.00 bits per heavy atom.